The molecule has 2 rings (SSSR count). The van der Waals surface area contributed by atoms with Crippen LogP contribution in [0.2, 0.25) is 0 Å². The molecule has 0 heterocycles. The zero-order valence-corrected chi connectivity index (χ0v) is 10.5. The normalized spacial score (nSPS) is 10.6. The van der Waals surface area contributed by atoms with Crippen LogP contribution in [-0.2, 0) is 0 Å². The van der Waals surface area contributed by atoms with E-state index in [4.69, 9.17) is 4.74 Å². The smallest absolute Gasteiger partial charge is 0.185 e. The minimum Gasteiger partial charge on any atom is -0.497 e. The fourth-order valence-corrected chi connectivity index (χ4v) is 1.63. The monoisotopic (exact) mass is 256 g/mol. The van der Waals surface area contributed by atoms with Crippen molar-refractivity contribution in [3.8, 4) is 5.75 Å². The van der Waals surface area contributed by atoms with E-state index in [9.17, 15) is 9.18 Å². The van der Waals surface area contributed by atoms with Crippen LogP contribution in [0.25, 0.3) is 6.08 Å². The molecule has 0 atom stereocenters. The van der Waals surface area contributed by atoms with Crippen molar-refractivity contribution in [1.29, 1.82) is 0 Å². The van der Waals surface area contributed by atoms with E-state index in [2.05, 4.69) is 0 Å². The third-order valence-electron chi connectivity index (χ3n) is 2.65. The second-order valence-electron chi connectivity index (χ2n) is 3.98. The van der Waals surface area contributed by atoms with Crippen LogP contribution in [0.4, 0.5) is 4.39 Å². The van der Waals surface area contributed by atoms with Gasteiger partial charge in [0.1, 0.15) is 11.6 Å². The van der Waals surface area contributed by atoms with Crippen molar-refractivity contribution in [3.05, 3.63) is 71.6 Å². The second-order valence-corrected chi connectivity index (χ2v) is 3.98. The SMILES string of the molecule is COc1cccc(C=CC(=O)c2ccc(F)cc2)c1. The Morgan fingerprint density at radius 2 is 1.89 bits per heavy atom. The van der Waals surface area contributed by atoms with Crippen LogP contribution in [0.15, 0.2) is 54.6 Å². The van der Waals surface area contributed by atoms with Crippen LogP contribution in [0, 0.1) is 5.82 Å². The van der Waals surface area contributed by atoms with Gasteiger partial charge < -0.3 is 4.74 Å². The maximum absolute atomic E-state index is 12.7. The van der Waals surface area contributed by atoms with Crippen LogP contribution in [0.3, 0.4) is 0 Å². The number of allylic oxidation sites excluding steroid dienone is 1. The Balaban J connectivity index is 2.13. The van der Waals surface area contributed by atoms with E-state index in [-0.39, 0.29) is 11.6 Å². The van der Waals surface area contributed by atoms with E-state index in [0.29, 0.717) is 5.56 Å². The Morgan fingerprint density at radius 3 is 2.58 bits per heavy atom. The Labute approximate surface area is 111 Å². The van der Waals surface area contributed by atoms with Gasteiger partial charge in [0.05, 0.1) is 7.11 Å². The lowest BCUT2D eigenvalue weighted by molar-refractivity contribution is 0.104. The Hall–Kier alpha value is -2.42. The summed E-state index contributed by atoms with van der Waals surface area (Å²) in [6.07, 6.45) is 3.16. The molecule has 0 amide bonds. The average molecular weight is 256 g/mol. The molecule has 0 aliphatic carbocycles. The van der Waals surface area contributed by atoms with E-state index in [0.717, 1.165) is 11.3 Å². The van der Waals surface area contributed by atoms with Gasteiger partial charge in [0.25, 0.3) is 0 Å². The molecule has 19 heavy (non-hydrogen) atoms. The van der Waals surface area contributed by atoms with Gasteiger partial charge in [0.15, 0.2) is 5.78 Å². The highest BCUT2D eigenvalue weighted by molar-refractivity contribution is 6.06. The first kappa shape index (κ1) is 13.0. The number of hydrogen-bond acceptors (Lipinski definition) is 2. The van der Waals surface area contributed by atoms with E-state index in [1.807, 2.05) is 24.3 Å². The minimum absolute atomic E-state index is 0.164. The van der Waals surface area contributed by atoms with E-state index in [1.54, 1.807) is 13.2 Å². The largest absolute Gasteiger partial charge is 0.497 e. The molecule has 0 aromatic heterocycles. The number of halogens is 1. The summed E-state index contributed by atoms with van der Waals surface area (Å²) in [5, 5.41) is 0. The number of ether oxygens (including phenoxy) is 1. The third kappa shape index (κ3) is 3.52. The first-order chi connectivity index (χ1) is 9.19. The van der Waals surface area contributed by atoms with Gasteiger partial charge >= 0.3 is 0 Å². The van der Waals surface area contributed by atoms with Crippen molar-refractivity contribution in [2.45, 2.75) is 0 Å². The summed E-state index contributed by atoms with van der Waals surface area (Å²) in [5.41, 5.74) is 1.33. The molecule has 0 radical (unpaired) electrons. The van der Waals surface area contributed by atoms with Crippen molar-refractivity contribution in [2.75, 3.05) is 7.11 Å². The van der Waals surface area contributed by atoms with Gasteiger partial charge in [-0.1, -0.05) is 18.2 Å². The number of rotatable bonds is 4. The predicted molar refractivity (Wildman–Crippen MR) is 72.8 cm³/mol. The number of carbonyl (C=O) groups is 1. The van der Waals surface area contributed by atoms with Gasteiger partial charge in [-0.25, -0.2) is 4.39 Å². The van der Waals surface area contributed by atoms with Gasteiger partial charge in [-0.3, -0.25) is 4.79 Å². The van der Waals surface area contributed by atoms with E-state index >= 15 is 0 Å². The van der Waals surface area contributed by atoms with Crippen LogP contribution in [0.1, 0.15) is 15.9 Å². The second kappa shape index (κ2) is 5.96. The summed E-state index contributed by atoms with van der Waals surface area (Å²) in [6, 6.07) is 12.9. The quantitative estimate of drug-likeness (QED) is 0.615. The number of hydrogen-bond donors (Lipinski definition) is 0. The molecule has 2 aromatic carbocycles. The van der Waals surface area contributed by atoms with Crippen molar-refractivity contribution < 1.29 is 13.9 Å². The molecule has 0 fully saturated rings. The summed E-state index contributed by atoms with van der Waals surface area (Å²) in [4.78, 5) is 11.8. The zero-order chi connectivity index (χ0) is 13.7. The molecule has 0 saturated heterocycles. The maximum Gasteiger partial charge on any atom is 0.185 e. The molecule has 2 aromatic rings. The summed E-state index contributed by atoms with van der Waals surface area (Å²) < 4.78 is 17.8. The number of benzene rings is 2. The van der Waals surface area contributed by atoms with Gasteiger partial charge in [-0.15, -0.1) is 0 Å². The van der Waals surface area contributed by atoms with Crippen LogP contribution in [-0.4, -0.2) is 12.9 Å². The van der Waals surface area contributed by atoms with E-state index in [1.165, 1.54) is 30.3 Å². The van der Waals surface area contributed by atoms with Gasteiger partial charge in [0, 0.05) is 5.56 Å². The van der Waals surface area contributed by atoms with Gasteiger partial charge in [-0.05, 0) is 48.0 Å². The number of carbonyl (C=O) groups excluding carboxylic acids is 1. The van der Waals surface area contributed by atoms with Crippen LogP contribution in [0.5, 0.6) is 5.75 Å². The topological polar surface area (TPSA) is 26.3 Å². The molecule has 0 aliphatic rings. The van der Waals surface area contributed by atoms with Gasteiger partial charge in [0.2, 0.25) is 0 Å². The summed E-state index contributed by atoms with van der Waals surface area (Å²) in [7, 11) is 1.59. The fourth-order valence-electron chi connectivity index (χ4n) is 1.63. The first-order valence-corrected chi connectivity index (χ1v) is 5.81. The Kier molecular flexibility index (Phi) is 4.08. The Morgan fingerprint density at radius 1 is 1.16 bits per heavy atom. The maximum atomic E-state index is 12.7. The standard InChI is InChI=1S/C16H13FO2/c1-19-15-4-2-3-12(11-15)5-10-16(18)13-6-8-14(17)9-7-13/h2-11H,1H3. The van der Waals surface area contributed by atoms with Crippen molar-refractivity contribution in [2.24, 2.45) is 0 Å². The molecule has 2 nitrogen and oxygen atoms in total. The molecule has 0 saturated carbocycles. The molecule has 96 valence electrons. The zero-order valence-electron chi connectivity index (χ0n) is 10.5. The molecule has 0 N–H and O–H groups in total. The predicted octanol–water partition coefficient (Wildman–Crippen LogP) is 3.73. The minimum atomic E-state index is -0.353. The average Bonchev–Trinajstić information content (AvgIpc) is 2.46. The lowest BCUT2D eigenvalue weighted by atomic mass is 10.1. The molecular formula is C16H13FO2. The van der Waals surface area contributed by atoms with E-state index < -0.39 is 0 Å². The molecule has 3 heteroatoms. The molecule has 0 bridgehead atoms. The third-order valence-corrected chi connectivity index (χ3v) is 2.65. The molecule has 0 spiro atoms. The highest BCUT2D eigenvalue weighted by atomic mass is 19.1. The lowest BCUT2D eigenvalue weighted by Crippen LogP contribution is -1.93. The van der Waals surface area contributed by atoms with Crippen LogP contribution >= 0.6 is 0 Å². The van der Waals surface area contributed by atoms with Gasteiger partial charge in [-0.2, -0.15) is 0 Å². The van der Waals surface area contributed by atoms with Crippen molar-refractivity contribution >= 4 is 11.9 Å². The highest BCUT2D eigenvalue weighted by Gasteiger charge is 2.01. The number of ketones is 1. The fraction of sp³-hybridized carbons (Fsp3) is 0.0625. The van der Waals surface area contributed by atoms with Crippen LogP contribution < -0.4 is 4.74 Å². The number of methoxy groups -OCH3 is 1. The first-order valence-electron chi connectivity index (χ1n) is 5.81. The Bertz CT molecular complexity index is 600. The summed E-state index contributed by atoms with van der Waals surface area (Å²) >= 11 is 0. The lowest BCUT2D eigenvalue weighted by Gasteiger charge is -2.00. The highest BCUT2D eigenvalue weighted by Crippen LogP contribution is 2.14. The van der Waals surface area contributed by atoms with Crippen molar-refractivity contribution in [1.82, 2.24) is 0 Å². The summed E-state index contributed by atoms with van der Waals surface area (Å²) in [5.74, 6) is 0.215. The summed E-state index contributed by atoms with van der Waals surface area (Å²) in [6.45, 7) is 0. The molecular weight excluding hydrogens is 243 g/mol. The molecule has 0 unspecified atom stereocenters. The van der Waals surface area contributed by atoms with Crippen molar-refractivity contribution in [3.63, 3.8) is 0 Å². The molecule has 0 aliphatic heterocycles.